The molecule has 6 heteroatoms. The van der Waals surface area contributed by atoms with Crippen LogP contribution < -0.4 is 21.7 Å². The van der Waals surface area contributed by atoms with Gasteiger partial charge in [-0.2, -0.15) is 0 Å². The third-order valence-electron chi connectivity index (χ3n) is 2.28. The van der Waals surface area contributed by atoms with Gasteiger partial charge >= 0.3 is 0 Å². The molecule has 0 aromatic heterocycles. The fraction of sp³-hybridized carbons (Fsp3) is 0.800. The SMILES string of the molecule is CCN=C1NC(NCC)N=CC1(N)NCC. The molecule has 1 aliphatic heterocycles. The molecule has 0 spiro atoms. The molecule has 92 valence electrons. The van der Waals surface area contributed by atoms with E-state index in [9.17, 15) is 0 Å². The predicted octanol–water partition coefficient (Wildman–Crippen LogP) is -0.764. The molecular formula is C10H22N6. The second kappa shape index (κ2) is 5.93. The molecular weight excluding hydrogens is 204 g/mol. The highest BCUT2D eigenvalue weighted by Crippen LogP contribution is 2.03. The average molecular weight is 226 g/mol. The van der Waals surface area contributed by atoms with Crippen LogP contribution in [-0.2, 0) is 0 Å². The van der Waals surface area contributed by atoms with E-state index in [0.29, 0.717) is 6.54 Å². The standard InChI is InChI=1S/C10H22N6/c1-4-12-8-10(11,15-6-3)7-14-9(16-8)13-5-2/h7,9,13,15H,4-6,11H2,1-3H3,(H,12,16). The van der Waals surface area contributed by atoms with Crippen LogP contribution in [0.2, 0.25) is 0 Å². The van der Waals surface area contributed by atoms with E-state index in [4.69, 9.17) is 5.73 Å². The van der Waals surface area contributed by atoms with Gasteiger partial charge in [0.1, 0.15) is 5.84 Å². The smallest absolute Gasteiger partial charge is 0.174 e. The second-order valence-corrected chi connectivity index (χ2v) is 3.61. The summed E-state index contributed by atoms with van der Waals surface area (Å²) in [7, 11) is 0. The van der Waals surface area contributed by atoms with Gasteiger partial charge < -0.3 is 11.1 Å². The van der Waals surface area contributed by atoms with Crippen LogP contribution in [0.1, 0.15) is 20.8 Å². The third-order valence-corrected chi connectivity index (χ3v) is 2.28. The summed E-state index contributed by atoms with van der Waals surface area (Å²) in [6.07, 6.45) is 1.58. The zero-order valence-corrected chi connectivity index (χ0v) is 10.2. The average Bonchev–Trinajstić information content (AvgIpc) is 2.25. The molecule has 1 aliphatic rings. The van der Waals surface area contributed by atoms with Crippen molar-refractivity contribution in [3.8, 4) is 0 Å². The van der Waals surface area contributed by atoms with Crippen LogP contribution in [0.25, 0.3) is 0 Å². The lowest BCUT2D eigenvalue weighted by Crippen LogP contribution is -2.69. The van der Waals surface area contributed by atoms with E-state index in [1.54, 1.807) is 6.21 Å². The van der Waals surface area contributed by atoms with Gasteiger partial charge in [-0.3, -0.25) is 20.6 Å². The van der Waals surface area contributed by atoms with Crippen molar-refractivity contribution >= 4 is 12.1 Å². The molecule has 16 heavy (non-hydrogen) atoms. The predicted molar refractivity (Wildman–Crippen MR) is 67.7 cm³/mol. The maximum absolute atomic E-state index is 6.18. The largest absolute Gasteiger partial charge is 0.337 e. The minimum absolute atomic E-state index is 0.134. The van der Waals surface area contributed by atoms with Gasteiger partial charge in [0.25, 0.3) is 0 Å². The van der Waals surface area contributed by atoms with Crippen LogP contribution in [0, 0.1) is 0 Å². The van der Waals surface area contributed by atoms with Crippen molar-refractivity contribution in [1.82, 2.24) is 16.0 Å². The molecule has 0 bridgehead atoms. The highest BCUT2D eigenvalue weighted by molar-refractivity contribution is 6.07. The lowest BCUT2D eigenvalue weighted by atomic mass is 10.1. The van der Waals surface area contributed by atoms with Crippen LogP contribution >= 0.6 is 0 Å². The number of nitrogens with one attached hydrogen (secondary N) is 3. The molecule has 0 fully saturated rings. The van der Waals surface area contributed by atoms with Gasteiger partial charge in [0.2, 0.25) is 0 Å². The Morgan fingerprint density at radius 3 is 2.81 bits per heavy atom. The van der Waals surface area contributed by atoms with E-state index >= 15 is 0 Å². The number of aliphatic imine (C=N–C) groups is 2. The number of hydrogen-bond acceptors (Lipinski definition) is 5. The summed E-state index contributed by atoms with van der Waals surface area (Å²) >= 11 is 0. The van der Waals surface area contributed by atoms with Crippen molar-refractivity contribution in [2.45, 2.75) is 32.7 Å². The first kappa shape index (κ1) is 13.1. The Labute approximate surface area is 96.8 Å². The highest BCUT2D eigenvalue weighted by atomic mass is 15.3. The lowest BCUT2D eigenvalue weighted by molar-refractivity contribution is 0.465. The summed E-state index contributed by atoms with van der Waals surface area (Å²) < 4.78 is 0. The molecule has 0 saturated heterocycles. The van der Waals surface area contributed by atoms with E-state index in [1.165, 1.54) is 0 Å². The zero-order valence-electron chi connectivity index (χ0n) is 10.2. The zero-order chi connectivity index (χ0) is 12.0. The number of hydrogen-bond donors (Lipinski definition) is 4. The minimum Gasteiger partial charge on any atom is -0.337 e. The molecule has 0 aromatic rings. The van der Waals surface area contributed by atoms with Gasteiger partial charge in [-0.15, -0.1) is 0 Å². The Morgan fingerprint density at radius 1 is 1.50 bits per heavy atom. The summed E-state index contributed by atoms with van der Waals surface area (Å²) in [6.45, 7) is 8.31. The van der Waals surface area contributed by atoms with Crippen LogP contribution in [0.3, 0.4) is 0 Å². The van der Waals surface area contributed by atoms with Crippen molar-refractivity contribution in [2.24, 2.45) is 15.7 Å². The number of likely N-dealkylation sites (N-methyl/N-ethyl adjacent to an activating group) is 1. The van der Waals surface area contributed by atoms with Crippen LogP contribution in [0.15, 0.2) is 9.98 Å². The third kappa shape index (κ3) is 3.01. The van der Waals surface area contributed by atoms with E-state index < -0.39 is 5.66 Å². The van der Waals surface area contributed by atoms with E-state index in [-0.39, 0.29) is 6.29 Å². The monoisotopic (exact) mass is 226 g/mol. The van der Waals surface area contributed by atoms with Gasteiger partial charge in [0.05, 0.1) is 0 Å². The highest BCUT2D eigenvalue weighted by Gasteiger charge is 2.33. The fourth-order valence-electron chi connectivity index (χ4n) is 1.59. The minimum atomic E-state index is -0.767. The quantitative estimate of drug-likeness (QED) is 0.464. The molecule has 2 unspecified atom stereocenters. The van der Waals surface area contributed by atoms with Crippen molar-refractivity contribution in [3.05, 3.63) is 0 Å². The first-order valence-electron chi connectivity index (χ1n) is 5.79. The Hall–Kier alpha value is -0.980. The summed E-state index contributed by atoms with van der Waals surface area (Å²) in [4.78, 5) is 8.68. The molecule has 1 rings (SSSR count). The lowest BCUT2D eigenvalue weighted by Gasteiger charge is -2.34. The summed E-state index contributed by atoms with van der Waals surface area (Å²) in [5, 5.41) is 9.53. The molecule has 0 aromatic carbocycles. The summed E-state index contributed by atoms with van der Waals surface area (Å²) in [6, 6.07) is 0. The van der Waals surface area contributed by atoms with Crippen molar-refractivity contribution in [3.63, 3.8) is 0 Å². The Bertz CT molecular complexity index is 274. The van der Waals surface area contributed by atoms with Crippen molar-refractivity contribution in [1.29, 1.82) is 0 Å². The fourth-order valence-corrected chi connectivity index (χ4v) is 1.59. The normalized spacial score (nSPS) is 31.8. The van der Waals surface area contributed by atoms with Gasteiger partial charge in [-0.25, -0.2) is 0 Å². The Kier molecular flexibility index (Phi) is 4.85. The Balaban J connectivity index is 2.84. The molecule has 2 atom stereocenters. The van der Waals surface area contributed by atoms with E-state index in [2.05, 4.69) is 25.9 Å². The second-order valence-electron chi connectivity index (χ2n) is 3.61. The van der Waals surface area contributed by atoms with Gasteiger partial charge in [-0.1, -0.05) is 13.8 Å². The molecule has 0 aliphatic carbocycles. The van der Waals surface area contributed by atoms with E-state index in [0.717, 1.165) is 18.9 Å². The summed E-state index contributed by atoms with van der Waals surface area (Å²) in [5.74, 6) is 0.734. The van der Waals surface area contributed by atoms with Crippen molar-refractivity contribution in [2.75, 3.05) is 19.6 Å². The Morgan fingerprint density at radius 2 is 2.25 bits per heavy atom. The maximum Gasteiger partial charge on any atom is 0.174 e. The van der Waals surface area contributed by atoms with Crippen molar-refractivity contribution < 1.29 is 0 Å². The number of nitrogens with two attached hydrogens (primary N) is 1. The van der Waals surface area contributed by atoms with Crippen LogP contribution in [-0.4, -0.2) is 43.6 Å². The van der Waals surface area contributed by atoms with Crippen LogP contribution in [0.4, 0.5) is 0 Å². The number of rotatable bonds is 5. The topological polar surface area (TPSA) is 86.8 Å². The molecule has 6 nitrogen and oxygen atoms in total. The van der Waals surface area contributed by atoms with Gasteiger partial charge in [0.15, 0.2) is 12.0 Å². The first-order valence-corrected chi connectivity index (χ1v) is 5.79. The van der Waals surface area contributed by atoms with Gasteiger partial charge in [-0.05, 0) is 20.0 Å². The van der Waals surface area contributed by atoms with Crippen LogP contribution in [0.5, 0.6) is 0 Å². The van der Waals surface area contributed by atoms with Gasteiger partial charge in [0, 0.05) is 12.8 Å². The molecule has 1 heterocycles. The molecule has 0 saturated carbocycles. The summed E-state index contributed by atoms with van der Waals surface area (Å²) in [5.41, 5.74) is 5.41. The van der Waals surface area contributed by atoms with E-state index in [1.807, 2.05) is 20.8 Å². The molecule has 0 amide bonds. The molecule has 5 N–H and O–H groups in total. The first-order chi connectivity index (χ1) is 7.66. The maximum atomic E-state index is 6.18. The molecule has 0 radical (unpaired) electrons. The number of nitrogens with zero attached hydrogens (tertiary/aromatic N) is 2. The number of amidine groups is 1.